The van der Waals surface area contributed by atoms with Gasteiger partial charge < -0.3 is 10.5 Å². The van der Waals surface area contributed by atoms with Crippen molar-refractivity contribution >= 4 is 15.5 Å². The number of methoxy groups -OCH3 is 1. The first-order valence-electron chi connectivity index (χ1n) is 5.05. The van der Waals surface area contributed by atoms with Gasteiger partial charge >= 0.3 is 0 Å². The number of benzene rings is 1. The number of rotatable bonds is 5. The maximum atomic E-state index is 11.9. The minimum absolute atomic E-state index is 0.0636. The van der Waals surface area contributed by atoms with Crippen molar-refractivity contribution in [1.29, 1.82) is 0 Å². The third-order valence-corrected chi connectivity index (χ3v) is 4.13. The van der Waals surface area contributed by atoms with Gasteiger partial charge in [0.15, 0.2) is 9.84 Å². The van der Waals surface area contributed by atoms with Crippen molar-refractivity contribution in [2.75, 3.05) is 25.2 Å². The normalized spacial score (nSPS) is 11.6. The summed E-state index contributed by atoms with van der Waals surface area (Å²) in [4.78, 5) is 0.217. The SMILES string of the molecule is COCCCS(=O)(=O)c1ccc(C)cc1N. The molecule has 4 nitrogen and oxygen atoms in total. The number of anilines is 1. The molecule has 0 bridgehead atoms. The van der Waals surface area contributed by atoms with E-state index in [0.29, 0.717) is 18.7 Å². The Kier molecular flexibility index (Phi) is 4.32. The molecule has 0 aliphatic carbocycles. The summed E-state index contributed by atoms with van der Waals surface area (Å²) < 4.78 is 28.6. The number of nitrogen functional groups attached to an aromatic ring is 1. The van der Waals surface area contributed by atoms with E-state index in [0.717, 1.165) is 5.56 Å². The first-order chi connectivity index (χ1) is 7.47. The van der Waals surface area contributed by atoms with E-state index >= 15 is 0 Å². The van der Waals surface area contributed by atoms with E-state index < -0.39 is 9.84 Å². The fraction of sp³-hybridized carbons (Fsp3) is 0.455. The Balaban J connectivity index is 2.90. The second-order valence-corrected chi connectivity index (χ2v) is 5.78. The minimum atomic E-state index is -3.28. The van der Waals surface area contributed by atoms with Crippen molar-refractivity contribution in [3.8, 4) is 0 Å². The Hall–Kier alpha value is -1.07. The van der Waals surface area contributed by atoms with Gasteiger partial charge in [0.2, 0.25) is 0 Å². The zero-order valence-electron chi connectivity index (χ0n) is 9.56. The smallest absolute Gasteiger partial charge is 0.180 e. The van der Waals surface area contributed by atoms with Gasteiger partial charge in [-0.2, -0.15) is 0 Å². The molecule has 0 aliphatic heterocycles. The monoisotopic (exact) mass is 243 g/mol. The fourth-order valence-electron chi connectivity index (χ4n) is 1.45. The van der Waals surface area contributed by atoms with Crippen LogP contribution in [0.1, 0.15) is 12.0 Å². The number of aryl methyl sites for hydroxylation is 1. The predicted octanol–water partition coefficient (Wildman–Crippen LogP) is 1.39. The van der Waals surface area contributed by atoms with Gasteiger partial charge in [0.1, 0.15) is 0 Å². The highest BCUT2D eigenvalue weighted by atomic mass is 32.2. The molecular weight excluding hydrogens is 226 g/mol. The summed E-state index contributed by atoms with van der Waals surface area (Å²) in [6, 6.07) is 4.98. The van der Waals surface area contributed by atoms with Crippen LogP contribution in [0.2, 0.25) is 0 Å². The molecule has 2 N–H and O–H groups in total. The molecule has 0 saturated heterocycles. The lowest BCUT2D eigenvalue weighted by Crippen LogP contribution is -2.11. The second-order valence-electron chi connectivity index (χ2n) is 3.71. The fourth-order valence-corrected chi connectivity index (χ4v) is 2.87. The largest absolute Gasteiger partial charge is 0.398 e. The molecular formula is C11H17NO3S. The number of hydrogen-bond acceptors (Lipinski definition) is 4. The highest BCUT2D eigenvalue weighted by Gasteiger charge is 2.16. The molecule has 0 radical (unpaired) electrons. The summed E-state index contributed by atoms with van der Waals surface area (Å²) in [5.74, 6) is 0.0636. The van der Waals surface area contributed by atoms with Crippen molar-refractivity contribution < 1.29 is 13.2 Å². The van der Waals surface area contributed by atoms with Gasteiger partial charge in [0, 0.05) is 13.7 Å². The maximum Gasteiger partial charge on any atom is 0.180 e. The van der Waals surface area contributed by atoms with E-state index in [-0.39, 0.29) is 10.6 Å². The lowest BCUT2D eigenvalue weighted by molar-refractivity contribution is 0.199. The average molecular weight is 243 g/mol. The molecule has 0 atom stereocenters. The summed E-state index contributed by atoms with van der Waals surface area (Å²) in [6.45, 7) is 2.31. The first-order valence-corrected chi connectivity index (χ1v) is 6.70. The van der Waals surface area contributed by atoms with Gasteiger partial charge in [-0.25, -0.2) is 8.42 Å². The minimum Gasteiger partial charge on any atom is -0.398 e. The van der Waals surface area contributed by atoms with E-state index in [9.17, 15) is 8.42 Å². The molecule has 5 heteroatoms. The van der Waals surface area contributed by atoms with Crippen molar-refractivity contribution in [1.82, 2.24) is 0 Å². The topological polar surface area (TPSA) is 69.4 Å². The summed E-state index contributed by atoms with van der Waals surface area (Å²) in [7, 11) is -1.74. The Morgan fingerprint density at radius 3 is 2.62 bits per heavy atom. The van der Waals surface area contributed by atoms with E-state index in [1.165, 1.54) is 0 Å². The first kappa shape index (κ1) is 13.0. The molecule has 0 spiro atoms. The Morgan fingerprint density at radius 1 is 1.38 bits per heavy atom. The Morgan fingerprint density at radius 2 is 2.06 bits per heavy atom. The highest BCUT2D eigenvalue weighted by Crippen LogP contribution is 2.21. The quantitative estimate of drug-likeness (QED) is 0.626. The van der Waals surface area contributed by atoms with Gasteiger partial charge in [-0.1, -0.05) is 6.07 Å². The second kappa shape index (κ2) is 5.32. The van der Waals surface area contributed by atoms with Crippen LogP contribution in [0, 0.1) is 6.92 Å². The predicted molar refractivity (Wildman–Crippen MR) is 64.1 cm³/mol. The molecule has 0 amide bonds. The molecule has 1 aromatic carbocycles. The zero-order valence-corrected chi connectivity index (χ0v) is 10.4. The van der Waals surface area contributed by atoms with E-state index in [1.807, 2.05) is 6.92 Å². The third kappa shape index (κ3) is 3.21. The van der Waals surface area contributed by atoms with Crippen LogP contribution in [-0.2, 0) is 14.6 Å². The number of hydrogen-bond donors (Lipinski definition) is 1. The Labute approximate surface area is 96.3 Å². The van der Waals surface area contributed by atoms with Crippen LogP contribution < -0.4 is 5.73 Å². The highest BCUT2D eigenvalue weighted by molar-refractivity contribution is 7.91. The molecule has 90 valence electrons. The Bertz CT molecular complexity index is 454. The molecule has 0 heterocycles. The number of nitrogens with two attached hydrogens (primary N) is 1. The molecule has 0 fully saturated rings. The van der Waals surface area contributed by atoms with E-state index in [1.54, 1.807) is 25.3 Å². The van der Waals surface area contributed by atoms with Crippen molar-refractivity contribution in [3.05, 3.63) is 23.8 Å². The lowest BCUT2D eigenvalue weighted by Gasteiger charge is -2.07. The number of ether oxygens (including phenoxy) is 1. The molecule has 16 heavy (non-hydrogen) atoms. The van der Waals surface area contributed by atoms with Crippen LogP contribution in [-0.4, -0.2) is 27.9 Å². The molecule has 0 aromatic heterocycles. The van der Waals surface area contributed by atoms with Crippen molar-refractivity contribution in [2.45, 2.75) is 18.2 Å². The van der Waals surface area contributed by atoms with Gasteiger partial charge in [-0.3, -0.25) is 0 Å². The molecule has 1 rings (SSSR count). The van der Waals surface area contributed by atoms with Crippen molar-refractivity contribution in [2.24, 2.45) is 0 Å². The molecule has 1 aromatic rings. The van der Waals surface area contributed by atoms with Crippen molar-refractivity contribution in [3.63, 3.8) is 0 Å². The summed E-state index contributed by atoms with van der Waals surface area (Å²) in [5, 5.41) is 0. The van der Waals surface area contributed by atoms with Crippen LogP contribution in [0.4, 0.5) is 5.69 Å². The summed E-state index contributed by atoms with van der Waals surface area (Å²) >= 11 is 0. The van der Waals surface area contributed by atoms with Crippen LogP contribution in [0.15, 0.2) is 23.1 Å². The van der Waals surface area contributed by atoms with Gasteiger partial charge in [-0.15, -0.1) is 0 Å². The van der Waals surface area contributed by atoms with Crippen LogP contribution in [0.5, 0.6) is 0 Å². The average Bonchev–Trinajstić information content (AvgIpc) is 2.17. The van der Waals surface area contributed by atoms with Crippen LogP contribution >= 0.6 is 0 Å². The maximum absolute atomic E-state index is 11.9. The summed E-state index contributed by atoms with van der Waals surface area (Å²) in [5.41, 5.74) is 6.97. The van der Waals surface area contributed by atoms with Gasteiger partial charge in [0.25, 0.3) is 0 Å². The van der Waals surface area contributed by atoms with Crippen LogP contribution in [0.3, 0.4) is 0 Å². The standard InChI is InChI=1S/C11H17NO3S/c1-9-4-5-11(10(12)8-9)16(13,14)7-3-6-15-2/h4-5,8H,3,6-7,12H2,1-2H3. The van der Waals surface area contributed by atoms with E-state index in [4.69, 9.17) is 10.5 Å². The van der Waals surface area contributed by atoms with Gasteiger partial charge in [-0.05, 0) is 31.0 Å². The van der Waals surface area contributed by atoms with Gasteiger partial charge in [0.05, 0.1) is 16.3 Å². The number of sulfone groups is 1. The molecule has 0 aliphatic rings. The van der Waals surface area contributed by atoms with E-state index in [2.05, 4.69) is 0 Å². The zero-order chi connectivity index (χ0) is 12.2. The summed E-state index contributed by atoms with van der Waals surface area (Å²) in [6.07, 6.45) is 0.478. The van der Waals surface area contributed by atoms with Crippen LogP contribution in [0.25, 0.3) is 0 Å². The lowest BCUT2D eigenvalue weighted by atomic mass is 10.2. The molecule has 0 unspecified atom stereocenters. The molecule has 0 saturated carbocycles. The third-order valence-electron chi connectivity index (χ3n) is 2.26.